The number of nitrogens with one attached hydrogen (secondary N) is 1. The number of furan rings is 1. The lowest BCUT2D eigenvalue weighted by Gasteiger charge is -2.20. The van der Waals surface area contributed by atoms with E-state index in [0.717, 1.165) is 30.2 Å². The van der Waals surface area contributed by atoms with Gasteiger partial charge in [0.1, 0.15) is 11.6 Å². The first-order valence-electron chi connectivity index (χ1n) is 9.58. The van der Waals surface area contributed by atoms with Crippen LogP contribution >= 0.6 is 11.8 Å². The van der Waals surface area contributed by atoms with Crippen LogP contribution in [0.4, 0.5) is 5.82 Å². The predicted octanol–water partition coefficient (Wildman–Crippen LogP) is 3.84. The van der Waals surface area contributed by atoms with Crippen LogP contribution in [0.2, 0.25) is 0 Å². The molecule has 1 amide bonds. The Morgan fingerprint density at radius 1 is 1.21 bits per heavy atom. The number of rotatable bonds is 9. The minimum atomic E-state index is -0.249. The van der Waals surface area contributed by atoms with Crippen molar-refractivity contribution in [3.05, 3.63) is 65.5 Å². The smallest absolute Gasteiger partial charge is 0.287 e. The average molecular weight is 412 g/mol. The second kappa shape index (κ2) is 10.1. The molecule has 0 aromatic carbocycles. The normalized spacial score (nSPS) is 10.7. The number of carbonyl (C=O) groups is 1. The van der Waals surface area contributed by atoms with E-state index in [-0.39, 0.29) is 5.91 Å². The molecular weight excluding hydrogens is 386 g/mol. The van der Waals surface area contributed by atoms with Gasteiger partial charge in [-0.25, -0.2) is 9.97 Å². The second-order valence-corrected chi connectivity index (χ2v) is 7.36. The maximum Gasteiger partial charge on any atom is 0.287 e. The summed E-state index contributed by atoms with van der Waals surface area (Å²) >= 11 is 1.49. The van der Waals surface area contributed by atoms with E-state index in [1.807, 2.05) is 31.2 Å². The lowest BCUT2D eigenvalue weighted by atomic mass is 10.3. The summed E-state index contributed by atoms with van der Waals surface area (Å²) in [5.41, 5.74) is 1.86. The van der Waals surface area contributed by atoms with Crippen LogP contribution in [0, 0.1) is 6.92 Å². The van der Waals surface area contributed by atoms with Gasteiger partial charge in [0.25, 0.3) is 5.91 Å². The van der Waals surface area contributed by atoms with Crippen molar-refractivity contribution in [2.75, 3.05) is 18.0 Å². The van der Waals surface area contributed by atoms with Crippen molar-refractivity contribution in [1.29, 1.82) is 0 Å². The largest absolute Gasteiger partial charge is 0.455 e. The lowest BCUT2D eigenvalue weighted by molar-refractivity contribution is 0.0921. The molecule has 3 heterocycles. The van der Waals surface area contributed by atoms with Crippen LogP contribution in [0.5, 0.6) is 0 Å². The van der Waals surface area contributed by atoms with Crippen molar-refractivity contribution in [1.82, 2.24) is 20.3 Å². The van der Waals surface area contributed by atoms with E-state index in [0.29, 0.717) is 29.0 Å². The Hall–Kier alpha value is -2.87. The van der Waals surface area contributed by atoms with Gasteiger partial charge in [-0.2, -0.15) is 0 Å². The van der Waals surface area contributed by atoms with Gasteiger partial charge in [-0.05, 0) is 44.5 Å². The molecule has 3 rings (SSSR count). The van der Waals surface area contributed by atoms with Gasteiger partial charge < -0.3 is 14.6 Å². The number of anilines is 1. The van der Waals surface area contributed by atoms with Crippen molar-refractivity contribution >= 4 is 23.5 Å². The molecule has 0 aliphatic rings. The van der Waals surface area contributed by atoms with E-state index >= 15 is 0 Å². The number of aromatic nitrogens is 3. The fraction of sp³-hybridized carbons (Fsp3) is 0.333. The summed E-state index contributed by atoms with van der Waals surface area (Å²) < 4.78 is 5.69. The number of nitrogens with zero attached hydrogens (tertiary/aromatic N) is 4. The molecule has 0 saturated carbocycles. The van der Waals surface area contributed by atoms with Crippen LogP contribution in [0.1, 0.15) is 41.4 Å². The minimum Gasteiger partial charge on any atom is -0.455 e. The summed E-state index contributed by atoms with van der Waals surface area (Å²) in [6.45, 7) is 8.38. The first-order chi connectivity index (χ1) is 14.1. The quantitative estimate of drug-likeness (QED) is 0.423. The van der Waals surface area contributed by atoms with E-state index in [1.54, 1.807) is 18.5 Å². The van der Waals surface area contributed by atoms with E-state index in [1.165, 1.54) is 11.8 Å². The summed E-state index contributed by atoms with van der Waals surface area (Å²) in [6.07, 6.45) is 3.42. The molecule has 0 fully saturated rings. The van der Waals surface area contributed by atoms with Crippen LogP contribution in [0.3, 0.4) is 0 Å². The molecule has 29 heavy (non-hydrogen) atoms. The molecule has 0 aliphatic heterocycles. The van der Waals surface area contributed by atoms with E-state index < -0.39 is 0 Å². The van der Waals surface area contributed by atoms with Crippen molar-refractivity contribution in [2.45, 2.75) is 38.2 Å². The van der Waals surface area contributed by atoms with E-state index in [9.17, 15) is 4.79 Å². The maximum atomic E-state index is 12.3. The highest BCUT2D eigenvalue weighted by molar-refractivity contribution is 7.98. The Kier molecular flexibility index (Phi) is 7.24. The molecule has 1 N–H and O–H groups in total. The molecular formula is C21H25N5O2S. The Bertz CT molecular complexity index is 941. The van der Waals surface area contributed by atoms with Gasteiger partial charge in [0.2, 0.25) is 0 Å². The third-order valence-electron chi connectivity index (χ3n) is 4.31. The van der Waals surface area contributed by atoms with Crippen LogP contribution in [-0.4, -0.2) is 33.9 Å². The fourth-order valence-electron chi connectivity index (χ4n) is 2.78. The molecule has 0 bridgehead atoms. The Morgan fingerprint density at radius 2 is 2.03 bits per heavy atom. The zero-order valence-corrected chi connectivity index (χ0v) is 17.7. The zero-order chi connectivity index (χ0) is 20.6. The number of amides is 1. The van der Waals surface area contributed by atoms with Crippen LogP contribution < -0.4 is 10.2 Å². The summed E-state index contributed by atoms with van der Waals surface area (Å²) in [4.78, 5) is 27.6. The van der Waals surface area contributed by atoms with E-state index in [4.69, 9.17) is 4.42 Å². The summed E-state index contributed by atoms with van der Waals surface area (Å²) in [5, 5.41) is 3.53. The molecule has 3 aromatic heterocycles. The topological polar surface area (TPSA) is 84.2 Å². The van der Waals surface area contributed by atoms with Crippen molar-refractivity contribution in [2.24, 2.45) is 0 Å². The summed E-state index contributed by atoms with van der Waals surface area (Å²) in [7, 11) is 0. The Morgan fingerprint density at radius 3 is 2.76 bits per heavy atom. The maximum absolute atomic E-state index is 12.3. The third kappa shape index (κ3) is 5.80. The number of hydrogen-bond donors (Lipinski definition) is 1. The molecule has 152 valence electrons. The molecule has 0 unspecified atom stereocenters. The lowest BCUT2D eigenvalue weighted by Crippen LogP contribution is -2.23. The molecule has 0 saturated heterocycles. The highest BCUT2D eigenvalue weighted by Crippen LogP contribution is 2.23. The van der Waals surface area contributed by atoms with Crippen molar-refractivity contribution < 1.29 is 9.21 Å². The van der Waals surface area contributed by atoms with Gasteiger partial charge in [-0.3, -0.25) is 9.78 Å². The van der Waals surface area contributed by atoms with Gasteiger partial charge in [-0.1, -0.05) is 17.8 Å². The number of thioether (sulfide) groups is 1. The van der Waals surface area contributed by atoms with Gasteiger partial charge in [0.05, 0.1) is 5.75 Å². The fourth-order valence-corrected chi connectivity index (χ4v) is 3.58. The molecule has 8 heteroatoms. The first-order valence-corrected chi connectivity index (χ1v) is 10.6. The van der Waals surface area contributed by atoms with Gasteiger partial charge >= 0.3 is 0 Å². The van der Waals surface area contributed by atoms with Crippen LogP contribution in [-0.2, 0) is 12.3 Å². The zero-order valence-electron chi connectivity index (χ0n) is 16.9. The molecule has 0 aliphatic carbocycles. The van der Waals surface area contributed by atoms with E-state index in [2.05, 4.69) is 39.0 Å². The minimum absolute atomic E-state index is 0.249. The number of carbonyl (C=O) groups excluding carboxylic acids is 1. The number of aryl methyl sites for hydroxylation is 1. The average Bonchev–Trinajstić information content (AvgIpc) is 3.21. The monoisotopic (exact) mass is 411 g/mol. The molecule has 0 atom stereocenters. The molecule has 7 nitrogen and oxygen atoms in total. The van der Waals surface area contributed by atoms with Crippen LogP contribution in [0.15, 0.2) is 52.3 Å². The van der Waals surface area contributed by atoms with Crippen molar-refractivity contribution in [3.8, 4) is 0 Å². The molecule has 0 spiro atoms. The Balaban J connectivity index is 1.58. The highest BCUT2D eigenvalue weighted by Gasteiger charge is 2.13. The van der Waals surface area contributed by atoms with Gasteiger partial charge in [0, 0.05) is 43.8 Å². The van der Waals surface area contributed by atoms with Crippen molar-refractivity contribution in [3.63, 3.8) is 0 Å². The van der Waals surface area contributed by atoms with Crippen LogP contribution in [0.25, 0.3) is 0 Å². The Labute approximate surface area is 175 Å². The highest BCUT2D eigenvalue weighted by atomic mass is 32.2. The molecule has 0 radical (unpaired) electrons. The predicted molar refractivity (Wildman–Crippen MR) is 114 cm³/mol. The van der Waals surface area contributed by atoms with Gasteiger partial charge in [0.15, 0.2) is 10.9 Å². The second-order valence-electron chi connectivity index (χ2n) is 6.42. The van der Waals surface area contributed by atoms with Gasteiger partial charge in [-0.15, -0.1) is 0 Å². The first kappa shape index (κ1) is 20.9. The standard InChI is InChI=1S/C21H25N5O2S/c1-4-26(5-2)19-11-15(3)24-21(25-19)29-14-17-8-9-18(28-17)20(27)23-13-16-7-6-10-22-12-16/h6-12H,4-5,13-14H2,1-3H3,(H,23,27). The number of hydrogen-bond acceptors (Lipinski definition) is 7. The summed E-state index contributed by atoms with van der Waals surface area (Å²) in [5.74, 6) is 2.23. The molecule has 3 aromatic rings. The number of pyridine rings is 1. The third-order valence-corrected chi connectivity index (χ3v) is 5.18. The summed E-state index contributed by atoms with van der Waals surface area (Å²) in [6, 6.07) is 9.24. The SMILES string of the molecule is CCN(CC)c1cc(C)nc(SCc2ccc(C(=O)NCc3cccnc3)o2)n1.